The van der Waals surface area contributed by atoms with Gasteiger partial charge >= 0.3 is 0 Å². The Morgan fingerprint density at radius 3 is 0.898 bits per heavy atom. The molecule has 0 atom stereocenters. The summed E-state index contributed by atoms with van der Waals surface area (Å²) in [7, 11) is 8.27. The molecule has 1 aliphatic rings. The Labute approximate surface area is 740 Å². The third kappa shape index (κ3) is 14.6. The third-order valence-electron chi connectivity index (χ3n) is 26.2. The lowest BCUT2D eigenvalue weighted by molar-refractivity contribution is -0.660. The molecule has 0 amide bonds. The van der Waals surface area contributed by atoms with E-state index in [0.29, 0.717) is 0 Å². The lowest BCUT2D eigenvalue weighted by Gasteiger charge is -2.21. The highest BCUT2D eigenvalue weighted by atomic mass is 19.1. The average molecular weight is 1660 g/mol. The number of halogens is 1. The molecule has 0 bridgehead atoms. The molecule has 23 aromatic rings. The molecule has 15 aromatic carbocycles. The first kappa shape index (κ1) is 76.9. The molecule has 0 spiro atoms. The van der Waals surface area contributed by atoms with Gasteiger partial charge in [0.1, 0.15) is 78.7 Å². The van der Waals surface area contributed by atoms with Crippen LogP contribution in [0.4, 0.5) is 4.39 Å². The van der Waals surface area contributed by atoms with Gasteiger partial charge in [-0.1, -0.05) is 274 Å². The fourth-order valence-electron chi connectivity index (χ4n) is 19.3. The Bertz CT molecular complexity index is 8130. The molecule has 616 valence electrons. The highest BCUT2D eigenvalue weighted by molar-refractivity contribution is 6.21. The van der Waals surface area contributed by atoms with Crippen LogP contribution in [0.2, 0.25) is 0 Å². The topological polar surface area (TPSA) is 68.1 Å². The van der Waals surface area contributed by atoms with E-state index < -0.39 is 6.37 Å². The van der Waals surface area contributed by atoms with Crippen molar-refractivity contribution in [1.29, 1.82) is 0 Å². The third-order valence-corrected chi connectivity index (χ3v) is 26.2. The van der Waals surface area contributed by atoms with E-state index in [1.165, 1.54) is 79.0 Å². The predicted molar refractivity (Wildman–Crippen MR) is 522 cm³/mol. The summed E-state index contributed by atoms with van der Waals surface area (Å²) in [4.78, 5) is 0. The molecule has 127 heavy (non-hydrogen) atoms. The summed E-state index contributed by atoms with van der Waals surface area (Å²) in [5.41, 5.74) is 29.8. The van der Waals surface area contributed by atoms with Gasteiger partial charge < -0.3 is 17.7 Å². The van der Waals surface area contributed by atoms with Gasteiger partial charge in [-0.05, 0) is 166 Å². The number of aromatic nitrogens is 4. The Kier molecular flexibility index (Phi) is 20.0. The maximum atomic E-state index is 13.4. The van der Waals surface area contributed by atoms with Crippen LogP contribution in [0.25, 0.3) is 209 Å². The summed E-state index contributed by atoms with van der Waals surface area (Å²) in [5.74, 6) is -0.151. The highest BCUT2D eigenvalue weighted by Crippen LogP contribution is 2.46. The number of furan rings is 4. The van der Waals surface area contributed by atoms with Crippen LogP contribution in [-0.2, 0) is 34.6 Å². The van der Waals surface area contributed by atoms with Gasteiger partial charge in [-0.3, -0.25) is 0 Å². The maximum Gasteiger partial charge on any atom is 0.216 e. The first-order chi connectivity index (χ1) is 62.8. The van der Waals surface area contributed by atoms with Gasteiger partial charge in [0.15, 0.2) is 24.8 Å². The van der Waals surface area contributed by atoms with Crippen molar-refractivity contribution >= 4 is 131 Å². The molecule has 24 rings (SSSR count). The van der Waals surface area contributed by atoms with Gasteiger partial charge in [0.2, 0.25) is 22.8 Å². The number of benzene rings is 15. The second kappa shape index (κ2) is 33.0. The Morgan fingerprint density at radius 1 is 0.268 bits per heavy atom. The standard InChI is InChI=1S/C30H24NO.C30H30NO.C29H21FNO.C29H22NO/c1-19-8-11-21(12-9-19)23-16-17-31(3)27(18-23)28-20(2)10-14-26-25-15-13-22-6-4-5-7-24(22)29(25)32-30(26)28;1-20-12-14-26-25-15-13-23-10-6-7-11-24(23)29(25)32-30(26)28(20)27-19-22(16-17-31(27)2)18-21-8-4-3-5-9-21;1-18-7-13-25-24-14-10-20-5-3-4-6-23(20)28(24)32-29(25)27(18)26-17-21(15-16-31(26)2)19-8-11-22(30)12-9-19;1-19-12-14-25-24-15-13-21-10-6-7-11-23(21)28(24)31-29(25)27(19)26-18-22(16-17-30(26)2)20-8-4-3-5-9-20/h4-18H,1-3H3;6-7,10-17,19,21H,3-5,8-9,18H2,1-2H3;3-17H,1-2H3;3-18H,1-2H3/q4*+1/i;18D2;;. The van der Waals surface area contributed by atoms with E-state index in [1.54, 1.807) is 0 Å². The second-order valence-electron chi connectivity index (χ2n) is 34.5. The number of pyridine rings is 4. The fourth-order valence-corrected chi connectivity index (χ4v) is 19.3. The number of nitrogens with zero attached hydrogens (tertiary/aromatic N) is 4. The predicted octanol–water partition coefficient (Wildman–Crippen LogP) is 29.7. The van der Waals surface area contributed by atoms with Crippen molar-refractivity contribution in [3.05, 3.63) is 386 Å². The number of hydrogen-bond acceptors (Lipinski definition) is 4. The number of fused-ring (bicyclic) bond motifs is 20. The minimum Gasteiger partial charge on any atom is -0.454 e. The highest BCUT2D eigenvalue weighted by Gasteiger charge is 2.29. The Balaban J connectivity index is 0.000000104. The van der Waals surface area contributed by atoms with Crippen LogP contribution in [0.5, 0.6) is 0 Å². The molecule has 0 aliphatic heterocycles. The van der Waals surface area contributed by atoms with E-state index in [0.717, 1.165) is 208 Å². The van der Waals surface area contributed by atoms with Crippen LogP contribution < -0.4 is 18.3 Å². The molecule has 1 aliphatic carbocycles. The lowest BCUT2D eigenvalue weighted by atomic mass is 9.85. The van der Waals surface area contributed by atoms with E-state index >= 15 is 0 Å². The van der Waals surface area contributed by atoms with Crippen molar-refractivity contribution in [3.63, 3.8) is 0 Å². The summed E-state index contributed by atoms with van der Waals surface area (Å²) < 4.78 is 66.5. The van der Waals surface area contributed by atoms with Crippen LogP contribution in [0.15, 0.2) is 364 Å². The van der Waals surface area contributed by atoms with Gasteiger partial charge in [0.25, 0.3) is 0 Å². The van der Waals surface area contributed by atoms with E-state index in [2.05, 4.69) is 358 Å². The molecular weight excluding hydrogens is 1560 g/mol. The zero-order valence-corrected chi connectivity index (χ0v) is 72.8. The van der Waals surface area contributed by atoms with Crippen molar-refractivity contribution in [1.82, 2.24) is 0 Å². The first-order valence-corrected chi connectivity index (χ1v) is 44.1. The molecule has 0 saturated heterocycles. The van der Waals surface area contributed by atoms with E-state index in [4.69, 9.17) is 20.4 Å². The maximum absolute atomic E-state index is 13.4. The van der Waals surface area contributed by atoms with Crippen LogP contribution >= 0.6 is 0 Å². The molecule has 8 aromatic heterocycles. The lowest BCUT2D eigenvalue weighted by Crippen LogP contribution is -2.31. The van der Waals surface area contributed by atoms with Crippen LogP contribution in [0.3, 0.4) is 0 Å². The van der Waals surface area contributed by atoms with Crippen molar-refractivity contribution in [3.8, 4) is 78.4 Å². The van der Waals surface area contributed by atoms with Crippen molar-refractivity contribution in [2.75, 3.05) is 0 Å². The van der Waals surface area contributed by atoms with Gasteiger partial charge in [-0.15, -0.1) is 0 Å². The van der Waals surface area contributed by atoms with Crippen LogP contribution in [-0.4, -0.2) is 0 Å². The van der Waals surface area contributed by atoms with Gasteiger partial charge in [-0.25, -0.2) is 22.7 Å². The molecule has 9 heteroatoms. The van der Waals surface area contributed by atoms with Gasteiger partial charge in [0, 0.05) is 116 Å². The minimum absolute atomic E-state index is 0.0799. The molecular formula is C118H97FN4O4+4. The summed E-state index contributed by atoms with van der Waals surface area (Å²) in [5, 5.41) is 18.4. The average Bonchev–Trinajstić information content (AvgIpc) is 1.61. The largest absolute Gasteiger partial charge is 0.454 e. The van der Waals surface area contributed by atoms with Crippen molar-refractivity contribution in [2.24, 2.45) is 34.1 Å². The SMILES string of the molecule is Cc1ccc(-c2cc[n+](C)c(-c3c(C)ccc4c3oc3c5ccccc5ccc43)c2)cc1.Cc1ccc2c(oc3c4ccccc4ccc23)c1-c1cc(-c2ccc(F)cc2)cc[n+]1C.Cc1ccc2c(oc3c4ccccc4ccc23)c1-c1cc(-c2ccccc2)cc[n+]1C.[2H]C([2H])(c1cc[n+](C)c(-c2c(C)ccc3c2oc2c4ccccc4ccc32)c1)C1CCCCC1. The zero-order chi connectivity index (χ0) is 88.0. The first-order valence-electron chi connectivity index (χ1n) is 45.1. The van der Waals surface area contributed by atoms with Crippen LogP contribution in [0.1, 0.15) is 68.2 Å². The van der Waals surface area contributed by atoms with Crippen LogP contribution in [0, 0.1) is 46.4 Å². The zero-order valence-electron chi connectivity index (χ0n) is 74.8. The fraction of sp³-hybridized carbons (Fsp3) is 0.136. The van der Waals surface area contributed by atoms with Gasteiger partial charge in [0.05, 0.1) is 22.3 Å². The van der Waals surface area contributed by atoms with E-state index in [1.807, 2.05) is 56.8 Å². The Morgan fingerprint density at radius 2 is 0.551 bits per heavy atom. The molecule has 1 fully saturated rings. The van der Waals surface area contributed by atoms with E-state index in [-0.39, 0.29) is 11.7 Å². The summed E-state index contributed by atoms with van der Waals surface area (Å²) in [6.07, 6.45) is 12.4. The monoisotopic (exact) mass is 1650 g/mol. The van der Waals surface area contributed by atoms with Crippen molar-refractivity contribution in [2.45, 2.75) is 73.1 Å². The summed E-state index contributed by atoms with van der Waals surface area (Å²) in [6, 6.07) is 111. The molecule has 8 nitrogen and oxygen atoms in total. The molecule has 8 heterocycles. The van der Waals surface area contributed by atoms with E-state index in [9.17, 15) is 4.39 Å². The number of aryl methyl sites for hydroxylation is 9. The normalized spacial score (nSPS) is 12.8. The van der Waals surface area contributed by atoms with Gasteiger partial charge in [-0.2, -0.15) is 0 Å². The molecule has 0 radical (unpaired) electrons. The molecule has 1 saturated carbocycles. The number of hydrogen-bond donors (Lipinski definition) is 0. The molecule has 0 N–H and O–H groups in total. The quantitative estimate of drug-likeness (QED) is 0.135. The minimum atomic E-state index is -1.34. The second-order valence-corrected chi connectivity index (χ2v) is 34.5. The summed E-state index contributed by atoms with van der Waals surface area (Å²) >= 11 is 0. The molecule has 0 unspecified atom stereocenters. The van der Waals surface area contributed by atoms with Crippen molar-refractivity contribution < 1.29 is 43.1 Å². The Hall–Kier alpha value is -14.9. The number of rotatable bonds is 9. The summed E-state index contributed by atoms with van der Waals surface area (Å²) in [6.45, 7) is 10.7. The smallest absolute Gasteiger partial charge is 0.216 e.